The molecule has 0 radical (unpaired) electrons. The van der Waals surface area contributed by atoms with Gasteiger partial charge in [0.05, 0.1) is 15.6 Å². The van der Waals surface area contributed by atoms with Gasteiger partial charge in [0.2, 0.25) is 5.91 Å². The summed E-state index contributed by atoms with van der Waals surface area (Å²) in [5.74, 6) is 0.122. The minimum Gasteiger partial charge on any atom is -0.356 e. The Balaban J connectivity index is 2.08. The topological polar surface area (TPSA) is 48.0 Å². The highest BCUT2D eigenvalue weighted by Gasteiger charge is 2.35. The smallest absolute Gasteiger partial charge is 0.235 e. The first-order valence-electron chi connectivity index (χ1n) is 7.21. The van der Waals surface area contributed by atoms with Gasteiger partial charge in [0.25, 0.3) is 0 Å². The van der Waals surface area contributed by atoms with Crippen LogP contribution in [0.1, 0.15) is 31.9 Å². The minimum atomic E-state index is -0.397. The number of rotatable bonds is 6. The lowest BCUT2D eigenvalue weighted by molar-refractivity contribution is -0.240. The standard InChI is InChI=1S/C15H23NO4S2/c1-9(18-5)19-10(2)20-12-8-13(14(17)16(3)4)22-15-11(12)6-7-21-15/h6-7,9-10,12-13H,8H2,1-5H3. The number of thioether (sulfide) groups is 1. The van der Waals surface area contributed by atoms with Crippen molar-refractivity contribution in [3.8, 4) is 0 Å². The number of ether oxygens (including phenoxy) is 3. The molecule has 0 spiro atoms. The second kappa shape index (κ2) is 7.79. The maximum absolute atomic E-state index is 12.3. The van der Waals surface area contributed by atoms with E-state index in [0.717, 1.165) is 9.77 Å². The Hall–Kier alpha value is -0.600. The third kappa shape index (κ3) is 4.23. The summed E-state index contributed by atoms with van der Waals surface area (Å²) < 4.78 is 17.9. The van der Waals surface area contributed by atoms with Crippen LogP contribution in [0.2, 0.25) is 0 Å². The monoisotopic (exact) mass is 345 g/mol. The molecule has 0 aromatic carbocycles. The summed E-state index contributed by atoms with van der Waals surface area (Å²) in [7, 11) is 5.17. The molecule has 2 heterocycles. The van der Waals surface area contributed by atoms with Crippen molar-refractivity contribution in [2.45, 2.75) is 48.4 Å². The van der Waals surface area contributed by atoms with Gasteiger partial charge in [0, 0.05) is 26.8 Å². The summed E-state index contributed by atoms with van der Waals surface area (Å²) in [6.07, 6.45) is -0.198. The van der Waals surface area contributed by atoms with E-state index in [0.29, 0.717) is 6.42 Å². The van der Waals surface area contributed by atoms with Gasteiger partial charge in [-0.3, -0.25) is 4.79 Å². The molecule has 4 atom stereocenters. The Morgan fingerprint density at radius 3 is 2.73 bits per heavy atom. The van der Waals surface area contributed by atoms with Gasteiger partial charge in [-0.15, -0.1) is 23.1 Å². The van der Waals surface area contributed by atoms with E-state index in [1.165, 1.54) is 0 Å². The molecule has 0 saturated heterocycles. The predicted octanol–water partition coefficient (Wildman–Crippen LogP) is 3.11. The minimum absolute atomic E-state index is 0.113. The van der Waals surface area contributed by atoms with Crippen LogP contribution in [-0.4, -0.2) is 49.8 Å². The fraction of sp³-hybridized carbons (Fsp3) is 0.667. The predicted molar refractivity (Wildman–Crippen MR) is 88.1 cm³/mol. The van der Waals surface area contributed by atoms with Crippen molar-refractivity contribution in [3.63, 3.8) is 0 Å². The largest absolute Gasteiger partial charge is 0.356 e. The number of thiophene rings is 1. The maximum Gasteiger partial charge on any atom is 0.235 e. The van der Waals surface area contributed by atoms with E-state index in [1.807, 2.05) is 19.2 Å². The summed E-state index contributed by atoms with van der Waals surface area (Å²) in [6, 6.07) is 2.07. The molecule has 7 heteroatoms. The molecule has 1 aliphatic heterocycles. The van der Waals surface area contributed by atoms with Crippen molar-refractivity contribution in [1.29, 1.82) is 0 Å². The Bertz CT molecular complexity index is 505. The molecule has 1 aromatic heterocycles. The lowest BCUT2D eigenvalue weighted by atomic mass is 10.1. The molecule has 1 aliphatic rings. The maximum atomic E-state index is 12.3. The molecule has 0 bridgehead atoms. The van der Waals surface area contributed by atoms with Crippen LogP contribution < -0.4 is 0 Å². The first-order valence-corrected chi connectivity index (χ1v) is 8.97. The average Bonchev–Trinajstić information content (AvgIpc) is 2.94. The van der Waals surface area contributed by atoms with E-state index >= 15 is 0 Å². The first-order chi connectivity index (χ1) is 10.4. The molecule has 0 saturated carbocycles. The van der Waals surface area contributed by atoms with Crippen molar-refractivity contribution < 1.29 is 19.0 Å². The zero-order valence-corrected chi connectivity index (χ0v) is 15.2. The van der Waals surface area contributed by atoms with Crippen molar-refractivity contribution in [2.75, 3.05) is 21.2 Å². The van der Waals surface area contributed by atoms with Crippen molar-refractivity contribution >= 4 is 29.0 Å². The molecule has 22 heavy (non-hydrogen) atoms. The fourth-order valence-electron chi connectivity index (χ4n) is 2.30. The van der Waals surface area contributed by atoms with Gasteiger partial charge in [0.15, 0.2) is 12.6 Å². The summed E-state index contributed by atoms with van der Waals surface area (Å²) in [5.41, 5.74) is 1.15. The van der Waals surface area contributed by atoms with Crippen LogP contribution in [0.5, 0.6) is 0 Å². The third-order valence-electron chi connectivity index (χ3n) is 3.47. The molecule has 5 nitrogen and oxygen atoms in total. The number of carbonyl (C=O) groups excluding carboxylic acids is 1. The third-order valence-corrected chi connectivity index (χ3v) is 5.90. The van der Waals surface area contributed by atoms with Crippen LogP contribution in [0.15, 0.2) is 15.7 Å². The van der Waals surface area contributed by atoms with E-state index in [-0.39, 0.29) is 23.6 Å². The molecule has 0 aliphatic carbocycles. The zero-order chi connectivity index (χ0) is 16.3. The van der Waals surface area contributed by atoms with Crippen LogP contribution in [0, 0.1) is 0 Å². The summed E-state index contributed by atoms with van der Waals surface area (Å²) in [6.45, 7) is 3.68. The van der Waals surface area contributed by atoms with Gasteiger partial charge in [-0.25, -0.2) is 0 Å². The van der Waals surface area contributed by atoms with E-state index in [9.17, 15) is 4.79 Å². The Labute approximate surface area is 139 Å². The van der Waals surface area contributed by atoms with Crippen molar-refractivity contribution in [1.82, 2.24) is 4.90 Å². The summed E-state index contributed by atoms with van der Waals surface area (Å²) in [5, 5.41) is 1.93. The molecule has 0 fully saturated rings. The van der Waals surface area contributed by atoms with E-state index in [4.69, 9.17) is 14.2 Å². The number of hydrogen-bond donors (Lipinski definition) is 0. The van der Waals surface area contributed by atoms with Gasteiger partial charge in [0.1, 0.15) is 0 Å². The highest BCUT2D eigenvalue weighted by atomic mass is 32.2. The van der Waals surface area contributed by atoms with Crippen LogP contribution in [0.4, 0.5) is 0 Å². The summed E-state index contributed by atoms with van der Waals surface area (Å²) in [4.78, 5) is 13.9. The number of fused-ring (bicyclic) bond motifs is 1. The number of amides is 1. The number of hydrogen-bond acceptors (Lipinski definition) is 6. The van der Waals surface area contributed by atoms with Crippen molar-refractivity contribution in [2.24, 2.45) is 0 Å². The molecule has 124 valence electrons. The van der Waals surface area contributed by atoms with Crippen molar-refractivity contribution in [3.05, 3.63) is 17.0 Å². The van der Waals surface area contributed by atoms with Gasteiger partial charge >= 0.3 is 0 Å². The average molecular weight is 345 g/mol. The highest BCUT2D eigenvalue weighted by Crippen LogP contribution is 2.46. The van der Waals surface area contributed by atoms with Crippen LogP contribution in [0.25, 0.3) is 0 Å². The molecule has 1 amide bonds. The van der Waals surface area contributed by atoms with E-state index in [2.05, 4.69) is 6.07 Å². The highest BCUT2D eigenvalue weighted by molar-refractivity contribution is 8.02. The zero-order valence-electron chi connectivity index (χ0n) is 13.6. The second-order valence-electron chi connectivity index (χ2n) is 5.37. The van der Waals surface area contributed by atoms with Crippen LogP contribution >= 0.6 is 23.1 Å². The number of carbonyl (C=O) groups is 1. The lowest BCUT2D eigenvalue weighted by Crippen LogP contribution is -2.35. The SMILES string of the molecule is COC(C)OC(C)OC1CC(C(=O)N(C)C)Sc2sccc21. The summed E-state index contributed by atoms with van der Waals surface area (Å²) >= 11 is 3.29. The normalized spacial score (nSPS) is 23.7. The molecule has 0 N–H and O–H groups in total. The quantitative estimate of drug-likeness (QED) is 0.742. The van der Waals surface area contributed by atoms with E-state index in [1.54, 1.807) is 49.2 Å². The molecular formula is C15H23NO4S2. The lowest BCUT2D eigenvalue weighted by Gasteiger charge is -2.31. The van der Waals surface area contributed by atoms with Gasteiger partial charge in [-0.05, 0) is 31.7 Å². The van der Waals surface area contributed by atoms with Gasteiger partial charge in [-0.2, -0.15) is 0 Å². The van der Waals surface area contributed by atoms with E-state index < -0.39 is 6.29 Å². The Morgan fingerprint density at radius 2 is 2.09 bits per heavy atom. The number of methoxy groups -OCH3 is 1. The Kier molecular flexibility index (Phi) is 6.28. The molecule has 4 unspecified atom stereocenters. The molecule has 2 rings (SSSR count). The van der Waals surface area contributed by atoms with Crippen LogP contribution in [-0.2, 0) is 19.0 Å². The Morgan fingerprint density at radius 1 is 1.36 bits per heavy atom. The first kappa shape index (κ1) is 17.7. The second-order valence-corrected chi connectivity index (χ2v) is 7.76. The number of nitrogens with zero attached hydrogens (tertiary/aromatic N) is 1. The van der Waals surface area contributed by atoms with Gasteiger partial charge in [-0.1, -0.05) is 0 Å². The van der Waals surface area contributed by atoms with Crippen LogP contribution in [0.3, 0.4) is 0 Å². The molecular weight excluding hydrogens is 322 g/mol. The fourth-order valence-corrected chi connectivity index (χ4v) is 4.88. The molecule has 1 aromatic rings. The van der Waals surface area contributed by atoms with Gasteiger partial charge < -0.3 is 19.1 Å².